The molecule has 0 bridgehead atoms. The van der Waals surface area contributed by atoms with E-state index < -0.39 is 0 Å². The molecule has 0 radical (unpaired) electrons. The van der Waals surface area contributed by atoms with E-state index in [1.165, 1.54) is 0 Å². The summed E-state index contributed by atoms with van der Waals surface area (Å²) in [5.74, 6) is 0.113. The van der Waals surface area contributed by atoms with Crippen LogP contribution in [0.25, 0.3) is 0 Å². The number of nitrogens with zero attached hydrogens (tertiary/aromatic N) is 2. The van der Waals surface area contributed by atoms with E-state index in [9.17, 15) is 4.79 Å². The quantitative estimate of drug-likeness (QED) is 0.737. The number of likely N-dealkylation sites (N-methyl/N-ethyl adjacent to an activating group) is 2. The minimum Gasteiger partial charge on any atom is -0.312 e. The summed E-state index contributed by atoms with van der Waals surface area (Å²) in [4.78, 5) is 16.0. The number of hydrogen-bond acceptors (Lipinski definition) is 3. The van der Waals surface area contributed by atoms with Crippen molar-refractivity contribution in [1.82, 2.24) is 10.2 Å². The smallest absolute Gasteiger partial charge is 0.240 e. The summed E-state index contributed by atoms with van der Waals surface area (Å²) in [6.45, 7) is 4.83. The minimum atomic E-state index is 0.113. The van der Waals surface area contributed by atoms with Gasteiger partial charge in [-0.3, -0.25) is 4.79 Å². The summed E-state index contributed by atoms with van der Waals surface area (Å²) < 4.78 is 0. The van der Waals surface area contributed by atoms with Crippen LogP contribution in [0.4, 0.5) is 5.69 Å². The first-order chi connectivity index (χ1) is 8.65. The molecule has 1 aromatic rings. The van der Waals surface area contributed by atoms with Gasteiger partial charge < -0.3 is 15.1 Å². The molecular weight excluding hydrogens is 226 g/mol. The summed E-state index contributed by atoms with van der Waals surface area (Å²) in [7, 11) is 4.04. The van der Waals surface area contributed by atoms with Crippen molar-refractivity contribution in [1.29, 1.82) is 0 Å². The molecule has 0 heterocycles. The highest BCUT2D eigenvalue weighted by Gasteiger charge is 2.12. The Hall–Kier alpha value is -1.39. The zero-order valence-corrected chi connectivity index (χ0v) is 11.5. The predicted octanol–water partition coefficient (Wildman–Crippen LogP) is 1.19. The molecule has 1 amide bonds. The molecule has 0 atom stereocenters. The minimum absolute atomic E-state index is 0.113. The van der Waals surface area contributed by atoms with E-state index >= 15 is 0 Å². The molecule has 1 N–H and O–H groups in total. The van der Waals surface area contributed by atoms with E-state index in [0.29, 0.717) is 13.1 Å². The topological polar surface area (TPSA) is 35.6 Å². The number of carbonyl (C=O) groups excluding carboxylic acids is 1. The van der Waals surface area contributed by atoms with Gasteiger partial charge in [0.1, 0.15) is 0 Å². The molecule has 0 unspecified atom stereocenters. The molecule has 0 fully saturated rings. The third-order valence-electron chi connectivity index (χ3n) is 2.70. The lowest BCUT2D eigenvalue weighted by atomic mass is 10.3. The monoisotopic (exact) mass is 249 g/mol. The van der Waals surface area contributed by atoms with Crippen LogP contribution in [-0.4, -0.2) is 51.1 Å². The Balaban J connectivity index is 2.43. The maximum atomic E-state index is 12.1. The van der Waals surface area contributed by atoms with Gasteiger partial charge in [-0.1, -0.05) is 18.2 Å². The maximum absolute atomic E-state index is 12.1. The van der Waals surface area contributed by atoms with Gasteiger partial charge >= 0.3 is 0 Å². The van der Waals surface area contributed by atoms with Crippen LogP contribution in [0.15, 0.2) is 30.3 Å². The summed E-state index contributed by atoms with van der Waals surface area (Å²) >= 11 is 0. The van der Waals surface area contributed by atoms with Crippen LogP contribution in [0, 0.1) is 0 Å². The van der Waals surface area contributed by atoms with E-state index in [2.05, 4.69) is 10.2 Å². The molecule has 0 spiro atoms. The number of hydrogen-bond donors (Lipinski definition) is 1. The lowest BCUT2D eigenvalue weighted by Gasteiger charge is -2.21. The normalized spacial score (nSPS) is 10.7. The molecule has 0 saturated heterocycles. The van der Waals surface area contributed by atoms with Crippen LogP contribution < -0.4 is 10.2 Å². The average Bonchev–Trinajstić information content (AvgIpc) is 2.36. The van der Waals surface area contributed by atoms with E-state index in [1.807, 2.05) is 51.4 Å². The first kappa shape index (κ1) is 14.7. The van der Waals surface area contributed by atoms with Crippen molar-refractivity contribution in [3.63, 3.8) is 0 Å². The van der Waals surface area contributed by atoms with E-state index in [-0.39, 0.29) is 5.91 Å². The summed E-state index contributed by atoms with van der Waals surface area (Å²) in [5, 5.41) is 3.17. The van der Waals surface area contributed by atoms with Gasteiger partial charge in [0.2, 0.25) is 5.91 Å². The third kappa shape index (κ3) is 4.85. The highest BCUT2D eigenvalue weighted by Crippen LogP contribution is 2.12. The Labute approximate surface area is 110 Å². The molecule has 0 aliphatic heterocycles. The second-order valence-corrected chi connectivity index (χ2v) is 4.45. The van der Waals surface area contributed by atoms with Gasteiger partial charge in [0.15, 0.2) is 0 Å². The Bertz CT molecular complexity index is 351. The van der Waals surface area contributed by atoms with Gasteiger partial charge in [0.05, 0.1) is 6.54 Å². The Kier molecular flexibility index (Phi) is 6.39. The highest BCUT2D eigenvalue weighted by atomic mass is 16.2. The molecule has 100 valence electrons. The molecule has 0 aromatic heterocycles. The Morgan fingerprint density at radius 3 is 2.44 bits per heavy atom. The van der Waals surface area contributed by atoms with Crippen molar-refractivity contribution in [2.24, 2.45) is 0 Å². The van der Waals surface area contributed by atoms with Gasteiger partial charge in [-0.15, -0.1) is 0 Å². The predicted molar refractivity (Wildman–Crippen MR) is 75.9 cm³/mol. The molecule has 0 saturated carbocycles. The second-order valence-electron chi connectivity index (χ2n) is 4.45. The van der Waals surface area contributed by atoms with Crippen molar-refractivity contribution in [3.8, 4) is 0 Å². The first-order valence-electron chi connectivity index (χ1n) is 6.36. The Morgan fingerprint density at radius 1 is 1.22 bits per heavy atom. The van der Waals surface area contributed by atoms with E-state index in [0.717, 1.165) is 18.8 Å². The standard InChI is InChI=1S/C14H23N3O/c1-4-17(13-8-6-5-7-9-13)14(18)12-15-10-11-16(2)3/h5-9,15H,4,10-12H2,1-3H3. The van der Waals surface area contributed by atoms with Gasteiger partial charge in [-0.25, -0.2) is 0 Å². The lowest BCUT2D eigenvalue weighted by Crippen LogP contribution is -2.39. The Morgan fingerprint density at radius 2 is 1.89 bits per heavy atom. The molecule has 4 heteroatoms. The molecule has 1 rings (SSSR count). The fraction of sp³-hybridized carbons (Fsp3) is 0.500. The largest absolute Gasteiger partial charge is 0.312 e. The molecule has 1 aromatic carbocycles. The fourth-order valence-corrected chi connectivity index (χ4v) is 1.70. The van der Waals surface area contributed by atoms with Crippen LogP contribution in [0.1, 0.15) is 6.92 Å². The number of rotatable bonds is 7. The van der Waals surface area contributed by atoms with Crippen molar-refractivity contribution < 1.29 is 4.79 Å². The average molecular weight is 249 g/mol. The fourth-order valence-electron chi connectivity index (χ4n) is 1.70. The van der Waals surface area contributed by atoms with Crippen LogP contribution in [0.2, 0.25) is 0 Å². The number of carbonyl (C=O) groups is 1. The summed E-state index contributed by atoms with van der Waals surface area (Å²) in [6.07, 6.45) is 0. The van der Waals surface area contributed by atoms with Crippen molar-refractivity contribution >= 4 is 11.6 Å². The van der Waals surface area contributed by atoms with Gasteiger partial charge in [-0.2, -0.15) is 0 Å². The summed E-state index contributed by atoms with van der Waals surface area (Å²) in [6, 6.07) is 9.77. The first-order valence-corrected chi connectivity index (χ1v) is 6.36. The number of anilines is 1. The molecule has 18 heavy (non-hydrogen) atoms. The second kappa shape index (κ2) is 7.84. The summed E-state index contributed by atoms with van der Waals surface area (Å²) in [5.41, 5.74) is 0.958. The van der Waals surface area contributed by atoms with E-state index in [4.69, 9.17) is 0 Å². The SMILES string of the molecule is CCN(C(=O)CNCCN(C)C)c1ccccc1. The highest BCUT2D eigenvalue weighted by molar-refractivity contribution is 5.94. The number of benzene rings is 1. The van der Waals surface area contributed by atoms with Crippen molar-refractivity contribution in [2.45, 2.75) is 6.92 Å². The lowest BCUT2D eigenvalue weighted by molar-refractivity contribution is -0.117. The van der Waals surface area contributed by atoms with Crippen molar-refractivity contribution in [3.05, 3.63) is 30.3 Å². The molecular formula is C14H23N3O. The van der Waals surface area contributed by atoms with Gasteiger partial charge in [0, 0.05) is 25.3 Å². The zero-order chi connectivity index (χ0) is 13.4. The number of amides is 1. The van der Waals surface area contributed by atoms with Crippen LogP contribution >= 0.6 is 0 Å². The molecule has 0 aliphatic rings. The number of para-hydroxylation sites is 1. The number of nitrogens with one attached hydrogen (secondary N) is 1. The molecule has 4 nitrogen and oxygen atoms in total. The molecule has 0 aliphatic carbocycles. The van der Waals surface area contributed by atoms with E-state index in [1.54, 1.807) is 4.90 Å². The third-order valence-corrected chi connectivity index (χ3v) is 2.70. The van der Waals surface area contributed by atoms with Gasteiger partial charge in [-0.05, 0) is 33.2 Å². The van der Waals surface area contributed by atoms with Gasteiger partial charge in [0.25, 0.3) is 0 Å². The zero-order valence-electron chi connectivity index (χ0n) is 11.5. The van der Waals surface area contributed by atoms with Crippen LogP contribution in [-0.2, 0) is 4.79 Å². The van der Waals surface area contributed by atoms with Crippen LogP contribution in [0.5, 0.6) is 0 Å². The maximum Gasteiger partial charge on any atom is 0.240 e. The van der Waals surface area contributed by atoms with Crippen LogP contribution in [0.3, 0.4) is 0 Å². The van der Waals surface area contributed by atoms with Crippen molar-refractivity contribution in [2.75, 3.05) is 45.2 Å².